The fourth-order valence-electron chi connectivity index (χ4n) is 2.25. The highest BCUT2D eigenvalue weighted by Crippen LogP contribution is 2.26. The molecule has 1 aromatic heterocycles. The van der Waals surface area contributed by atoms with E-state index in [9.17, 15) is 8.78 Å². The smallest absolute Gasteiger partial charge is 0.272 e. The molecule has 0 atom stereocenters. The van der Waals surface area contributed by atoms with E-state index in [-0.39, 0.29) is 10.8 Å². The predicted molar refractivity (Wildman–Crippen MR) is 102 cm³/mol. The van der Waals surface area contributed by atoms with Crippen LogP contribution < -0.4 is 15.8 Å². The highest BCUT2D eigenvalue weighted by molar-refractivity contribution is 6.32. The number of fused-ring (bicyclic) bond motifs is 1. The first kappa shape index (κ1) is 19.8. The van der Waals surface area contributed by atoms with Crippen molar-refractivity contribution in [2.75, 3.05) is 24.2 Å². The number of benzene rings is 2. The van der Waals surface area contributed by atoms with Crippen molar-refractivity contribution in [1.29, 1.82) is 0 Å². The lowest BCUT2D eigenvalue weighted by Gasteiger charge is -2.07. The molecule has 0 fully saturated rings. The van der Waals surface area contributed by atoms with Crippen molar-refractivity contribution in [1.82, 2.24) is 9.78 Å². The first-order valence-electron chi connectivity index (χ1n) is 8.02. The zero-order valence-corrected chi connectivity index (χ0v) is 15.3. The minimum atomic E-state index is -2.52. The normalized spacial score (nSPS) is 10.5. The zero-order chi connectivity index (χ0) is 19.1. The number of halogens is 3. The molecule has 0 amide bonds. The lowest BCUT2D eigenvalue weighted by Crippen LogP contribution is -2.07. The number of hydrogen-bond donors (Lipinski definition) is 2. The number of alkyl halides is 2. The molecule has 0 aliphatic carbocycles. The highest BCUT2D eigenvalue weighted by atomic mass is 35.5. The van der Waals surface area contributed by atoms with Gasteiger partial charge in [0.25, 0.3) is 6.43 Å². The quantitative estimate of drug-likeness (QED) is 0.634. The van der Waals surface area contributed by atoms with E-state index in [0.717, 1.165) is 17.7 Å². The Balaban J connectivity index is 0.000000187. The van der Waals surface area contributed by atoms with Crippen molar-refractivity contribution >= 4 is 33.9 Å². The molecule has 26 heavy (non-hydrogen) atoms. The van der Waals surface area contributed by atoms with Gasteiger partial charge in [-0.25, -0.2) is 8.78 Å². The van der Waals surface area contributed by atoms with Gasteiger partial charge >= 0.3 is 0 Å². The Morgan fingerprint density at radius 3 is 2.73 bits per heavy atom. The lowest BCUT2D eigenvalue weighted by molar-refractivity contribution is 0.0820. The summed E-state index contributed by atoms with van der Waals surface area (Å²) in [7, 11) is 1.94. The maximum absolute atomic E-state index is 11.8. The van der Waals surface area contributed by atoms with Gasteiger partial charge in [-0.1, -0.05) is 11.6 Å². The molecule has 5 nitrogen and oxygen atoms in total. The van der Waals surface area contributed by atoms with Gasteiger partial charge in [0.2, 0.25) is 0 Å². The Kier molecular flexibility index (Phi) is 7.03. The van der Waals surface area contributed by atoms with Gasteiger partial charge in [-0.2, -0.15) is 5.10 Å². The minimum absolute atomic E-state index is 0.182. The van der Waals surface area contributed by atoms with Crippen LogP contribution in [0.4, 0.5) is 20.2 Å². The van der Waals surface area contributed by atoms with Crippen LogP contribution in [0.2, 0.25) is 5.02 Å². The van der Waals surface area contributed by atoms with Crippen LogP contribution in [0.15, 0.2) is 42.6 Å². The molecule has 8 heteroatoms. The largest absolute Gasteiger partial charge is 0.486 e. The Hall–Kier alpha value is -2.54. The van der Waals surface area contributed by atoms with Gasteiger partial charge in [0.15, 0.2) is 0 Å². The topological polar surface area (TPSA) is 65.1 Å². The lowest BCUT2D eigenvalue weighted by atomic mass is 10.2. The van der Waals surface area contributed by atoms with Crippen molar-refractivity contribution < 1.29 is 13.5 Å². The van der Waals surface area contributed by atoms with Crippen LogP contribution in [0.5, 0.6) is 5.75 Å². The molecule has 0 aliphatic heterocycles. The van der Waals surface area contributed by atoms with Gasteiger partial charge in [0.05, 0.1) is 10.5 Å². The summed E-state index contributed by atoms with van der Waals surface area (Å²) in [5.74, 6) is 0.182. The van der Waals surface area contributed by atoms with E-state index < -0.39 is 13.0 Å². The summed E-state index contributed by atoms with van der Waals surface area (Å²) >= 11 is 5.65. The van der Waals surface area contributed by atoms with Gasteiger partial charge in [-0.05, 0) is 37.3 Å². The molecule has 0 saturated heterocycles. The number of nitrogen functional groups attached to an aromatic ring is 1. The molecule has 3 aromatic rings. The van der Waals surface area contributed by atoms with Gasteiger partial charge in [0, 0.05) is 42.6 Å². The Morgan fingerprint density at radius 1 is 1.27 bits per heavy atom. The zero-order valence-electron chi connectivity index (χ0n) is 14.5. The number of anilines is 2. The van der Waals surface area contributed by atoms with Crippen molar-refractivity contribution in [3.63, 3.8) is 0 Å². The standard InChI is InChI=1S/C10H13N3.C8H8ClF2NO/c1-3-11-9-4-5-10-8(6-9)7-13(2)12-10;9-6-2-1-5(12)3-7(6)13-4-8(10)11/h4-7,11H,3H2,1-2H3;1-3,8H,4,12H2. The molecular formula is C18H21ClF2N4O. The third-order valence-electron chi connectivity index (χ3n) is 3.32. The second-order valence-electron chi connectivity index (χ2n) is 5.50. The summed E-state index contributed by atoms with van der Waals surface area (Å²) in [5.41, 5.74) is 8.03. The number of ether oxygens (including phenoxy) is 1. The highest BCUT2D eigenvalue weighted by Gasteiger charge is 2.06. The van der Waals surface area contributed by atoms with Crippen LogP contribution in [0, 0.1) is 0 Å². The number of hydrogen-bond acceptors (Lipinski definition) is 4. The van der Waals surface area contributed by atoms with Gasteiger partial charge < -0.3 is 15.8 Å². The molecule has 2 aromatic carbocycles. The number of nitrogens with one attached hydrogen (secondary N) is 1. The number of nitrogens with zero attached hydrogens (tertiary/aromatic N) is 2. The second kappa shape index (κ2) is 9.24. The molecule has 0 radical (unpaired) electrons. The summed E-state index contributed by atoms with van der Waals surface area (Å²) in [5, 5.41) is 9.03. The van der Waals surface area contributed by atoms with Gasteiger partial charge in [-0.15, -0.1) is 0 Å². The van der Waals surface area contributed by atoms with E-state index >= 15 is 0 Å². The van der Waals surface area contributed by atoms with E-state index in [1.807, 2.05) is 24.0 Å². The Labute approximate surface area is 155 Å². The molecular weight excluding hydrogens is 362 g/mol. The molecule has 3 rings (SSSR count). The molecule has 0 saturated carbocycles. The minimum Gasteiger partial charge on any atom is -0.486 e. The summed E-state index contributed by atoms with van der Waals surface area (Å²) in [4.78, 5) is 0. The Morgan fingerprint density at radius 2 is 2.04 bits per heavy atom. The summed E-state index contributed by atoms with van der Waals surface area (Å²) in [6.45, 7) is 2.36. The monoisotopic (exact) mass is 382 g/mol. The van der Waals surface area contributed by atoms with Crippen LogP contribution in [0.25, 0.3) is 10.9 Å². The fraction of sp³-hybridized carbons (Fsp3) is 0.278. The Bertz CT molecular complexity index is 854. The predicted octanol–water partition coefficient (Wildman–Crippen LogP) is 4.57. The molecule has 0 bridgehead atoms. The first-order valence-corrected chi connectivity index (χ1v) is 8.40. The fourth-order valence-corrected chi connectivity index (χ4v) is 2.42. The van der Waals surface area contributed by atoms with Crippen molar-refractivity contribution in [2.24, 2.45) is 7.05 Å². The van der Waals surface area contributed by atoms with E-state index in [2.05, 4.69) is 29.5 Å². The maximum Gasteiger partial charge on any atom is 0.272 e. The first-order chi connectivity index (χ1) is 12.4. The summed E-state index contributed by atoms with van der Waals surface area (Å²) in [6, 6.07) is 10.7. The van der Waals surface area contributed by atoms with Crippen LogP contribution >= 0.6 is 11.6 Å². The van der Waals surface area contributed by atoms with Crippen molar-refractivity contribution in [3.8, 4) is 5.75 Å². The molecule has 140 valence electrons. The van der Waals surface area contributed by atoms with E-state index in [1.54, 1.807) is 6.07 Å². The molecule has 0 unspecified atom stereocenters. The summed E-state index contributed by atoms with van der Waals surface area (Å²) in [6.07, 6.45) is -0.492. The summed E-state index contributed by atoms with van der Waals surface area (Å²) < 4.78 is 30.1. The molecule has 0 spiro atoms. The second-order valence-corrected chi connectivity index (χ2v) is 5.91. The van der Waals surface area contributed by atoms with E-state index in [0.29, 0.717) is 5.69 Å². The van der Waals surface area contributed by atoms with Crippen LogP contribution in [0.3, 0.4) is 0 Å². The van der Waals surface area contributed by atoms with Crippen molar-refractivity contribution in [2.45, 2.75) is 13.3 Å². The van der Waals surface area contributed by atoms with Gasteiger partial charge in [0.1, 0.15) is 12.4 Å². The van der Waals surface area contributed by atoms with E-state index in [1.165, 1.54) is 17.5 Å². The SMILES string of the molecule is CCNc1ccc2nn(C)cc2c1.Nc1ccc(Cl)c(OCC(F)F)c1. The molecule has 1 heterocycles. The van der Waals surface area contributed by atoms with Gasteiger partial charge in [-0.3, -0.25) is 4.68 Å². The van der Waals surface area contributed by atoms with Crippen LogP contribution in [-0.4, -0.2) is 29.4 Å². The number of aromatic nitrogens is 2. The van der Waals surface area contributed by atoms with Crippen molar-refractivity contribution in [3.05, 3.63) is 47.6 Å². The number of aryl methyl sites for hydroxylation is 1. The van der Waals surface area contributed by atoms with Crippen LogP contribution in [0.1, 0.15) is 6.92 Å². The number of rotatable bonds is 5. The average Bonchev–Trinajstić information content (AvgIpc) is 2.96. The van der Waals surface area contributed by atoms with Crippen LogP contribution in [-0.2, 0) is 7.05 Å². The molecule has 3 N–H and O–H groups in total. The molecule has 0 aliphatic rings. The third kappa shape index (κ3) is 5.77. The number of nitrogens with two attached hydrogens (primary N) is 1. The van der Waals surface area contributed by atoms with E-state index in [4.69, 9.17) is 22.1 Å². The maximum atomic E-state index is 11.8. The average molecular weight is 383 g/mol. The third-order valence-corrected chi connectivity index (χ3v) is 3.63.